The van der Waals surface area contributed by atoms with Crippen LogP contribution in [0.15, 0.2) is 85.2 Å². The highest BCUT2D eigenvalue weighted by Gasteiger charge is 2.42. The minimum Gasteiger partial charge on any atom is -0.494 e. The number of ether oxygens (including phenoxy) is 2. The Balaban J connectivity index is 1.59. The van der Waals surface area contributed by atoms with Crippen LogP contribution < -0.4 is 20.3 Å². The highest BCUT2D eigenvalue weighted by molar-refractivity contribution is 7.80. The van der Waals surface area contributed by atoms with E-state index >= 15 is 0 Å². The van der Waals surface area contributed by atoms with Crippen LogP contribution in [0.4, 0.5) is 11.4 Å². The van der Waals surface area contributed by atoms with E-state index in [1.54, 1.807) is 25.4 Å². The molecule has 1 fully saturated rings. The van der Waals surface area contributed by atoms with Crippen LogP contribution in [0, 0.1) is 5.41 Å². The van der Waals surface area contributed by atoms with Gasteiger partial charge in [0.2, 0.25) is 5.91 Å². The van der Waals surface area contributed by atoms with Crippen molar-refractivity contribution in [1.29, 1.82) is 0 Å². The van der Waals surface area contributed by atoms with Crippen LogP contribution in [0.25, 0.3) is 5.69 Å². The number of hydrogen-bond donors (Lipinski definition) is 2. The second kappa shape index (κ2) is 11.7. The van der Waals surface area contributed by atoms with Crippen LogP contribution in [0.3, 0.4) is 0 Å². The normalized spacial score (nSPS) is 16.6. The lowest BCUT2D eigenvalue weighted by Crippen LogP contribution is -2.30. The Kier molecular flexibility index (Phi) is 8.00. The lowest BCUT2D eigenvalue weighted by Gasteiger charge is -2.29. The Hall–Kier alpha value is -4.70. The number of rotatable bonds is 7. The number of benzene rings is 2. The summed E-state index contributed by atoms with van der Waals surface area (Å²) in [4.78, 5) is 31.4. The fraction of sp³-hybridized carbons (Fsp3) is 0.250. The Morgan fingerprint density at radius 2 is 1.71 bits per heavy atom. The summed E-state index contributed by atoms with van der Waals surface area (Å²) in [6, 6.07) is 22.1. The van der Waals surface area contributed by atoms with E-state index in [1.807, 2.05) is 92.5 Å². The van der Waals surface area contributed by atoms with Gasteiger partial charge in [0.05, 0.1) is 37.2 Å². The summed E-state index contributed by atoms with van der Waals surface area (Å²) in [5.74, 6) is 0.00913. The molecular weight excluding hydrogens is 550 g/mol. The van der Waals surface area contributed by atoms with Gasteiger partial charge >= 0.3 is 5.97 Å². The summed E-state index contributed by atoms with van der Waals surface area (Å²) in [5.41, 5.74) is 3.93. The number of nitrogens with one attached hydrogen (secondary N) is 2. The molecule has 3 heterocycles. The van der Waals surface area contributed by atoms with Crippen molar-refractivity contribution >= 4 is 40.6 Å². The van der Waals surface area contributed by atoms with E-state index in [-0.39, 0.29) is 18.0 Å². The maximum absolute atomic E-state index is 12.7. The molecule has 10 heteroatoms. The molecule has 5 rings (SSSR count). The molecule has 1 aliphatic heterocycles. The number of esters is 1. The monoisotopic (exact) mass is 583 g/mol. The molecule has 4 aromatic rings. The molecule has 216 valence electrons. The molecule has 1 aliphatic rings. The first-order chi connectivity index (χ1) is 20.1. The molecule has 0 unspecified atom stereocenters. The van der Waals surface area contributed by atoms with Crippen molar-refractivity contribution in [2.24, 2.45) is 5.41 Å². The van der Waals surface area contributed by atoms with Gasteiger partial charge in [-0.1, -0.05) is 26.8 Å². The maximum Gasteiger partial charge on any atom is 0.337 e. The van der Waals surface area contributed by atoms with Crippen LogP contribution in [0.1, 0.15) is 54.6 Å². The summed E-state index contributed by atoms with van der Waals surface area (Å²) < 4.78 is 12.6. The van der Waals surface area contributed by atoms with E-state index in [4.69, 9.17) is 21.7 Å². The number of hydrogen-bond acceptors (Lipinski definition) is 6. The zero-order chi connectivity index (χ0) is 30.0. The molecule has 1 amide bonds. The minimum absolute atomic E-state index is 0.115. The molecule has 2 N–H and O–H groups in total. The summed E-state index contributed by atoms with van der Waals surface area (Å²) in [6.07, 6.45) is 3.74. The molecule has 0 aliphatic carbocycles. The van der Waals surface area contributed by atoms with Gasteiger partial charge in [-0.3, -0.25) is 9.78 Å². The van der Waals surface area contributed by atoms with Gasteiger partial charge in [-0.2, -0.15) is 0 Å². The molecule has 2 atom stereocenters. The van der Waals surface area contributed by atoms with Gasteiger partial charge < -0.3 is 29.6 Å². The molecule has 0 spiro atoms. The van der Waals surface area contributed by atoms with Crippen LogP contribution >= 0.6 is 12.2 Å². The number of thiocarbonyl (C=S) groups is 1. The topological polar surface area (TPSA) is 97.7 Å². The SMILES string of the molecule is COC(=O)c1ccc(-n2cccc2[C@H]2[C@H](c3ccccn3)NC(=S)N2c2ccc(NC(=O)C(C)(C)C)c(OC)c2)cc1. The molecule has 0 radical (unpaired) electrons. The summed E-state index contributed by atoms with van der Waals surface area (Å²) >= 11 is 5.92. The van der Waals surface area contributed by atoms with Gasteiger partial charge in [-0.25, -0.2) is 4.79 Å². The van der Waals surface area contributed by atoms with E-state index < -0.39 is 11.4 Å². The quantitative estimate of drug-likeness (QED) is 0.207. The first-order valence-electron chi connectivity index (χ1n) is 13.5. The zero-order valence-electron chi connectivity index (χ0n) is 24.1. The maximum atomic E-state index is 12.7. The largest absolute Gasteiger partial charge is 0.494 e. The second-order valence-corrected chi connectivity index (χ2v) is 11.3. The van der Waals surface area contributed by atoms with Gasteiger partial charge in [-0.15, -0.1) is 0 Å². The highest BCUT2D eigenvalue weighted by atomic mass is 32.1. The predicted molar refractivity (Wildman–Crippen MR) is 166 cm³/mol. The Morgan fingerprint density at radius 1 is 0.976 bits per heavy atom. The fourth-order valence-corrected chi connectivity index (χ4v) is 5.27. The van der Waals surface area contributed by atoms with E-state index in [2.05, 4.69) is 20.2 Å². The third-order valence-electron chi connectivity index (χ3n) is 7.14. The van der Waals surface area contributed by atoms with E-state index in [1.165, 1.54) is 7.11 Å². The Bertz CT molecular complexity index is 1610. The Morgan fingerprint density at radius 3 is 2.36 bits per heavy atom. The van der Waals surface area contributed by atoms with Gasteiger partial charge in [0.1, 0.15) is 11.8 Å². The lowest BCUT2D eigenvalue weighted by atomic mass is 9.95. The van der Waals surface area contributed by atoms with Crippen molar-refractivity contribution in [3.05, 3.63) is 102 Å². The third kappa shape index (κ3) is 5.58. The van der Waals surface area contributed by atoms with Crippen LogP contribution in [0.2, 0.25) is 0 Å². The van der Waals surface area contributed by atoms with Crippen molar-refractivity contribution in [3.63, 3.8) is 0 Å². The van der Waals surface area contributed by atoms with Crippen molar-refractivity contribution < 1.29 is 19.1 Å². The van der Waals surface area contributed by atoms with Crippen molar-refractivity contribution in [2.75, 3.05) is 24.4 Å². The van der Waals surface area contributed by atoms with Gasteiger partial charge in [0.25, 0.3) is 0 Å². The van der Waals surface area contributed by atoms with Gasteiger partial charge in [0.15, 0.2) is 5.11 Å². The van der Waals surface area contributed by atoms with Crippen molar-refractivity contribution in [3.8, 4) is 11.4 Å². The van der Waals surface area contributed by atoms with E-state index in [0.717, 1.165) is 22.8 Å². The molecule has 1 saturated heterocycles. The van der Waals surface area contributed by atoms with Gasteiger partial charge in [-0.05, 0) is 72.9 Å². The minimum atomic E-state index is -0.564. The first kappa shape index (κ1) is 28.8. The average molecular weight is 584 g/mol. The van der Waals surface area contributed by atoms with Crippen LogP contribution in [0.5, 0.6) is 5.75 Å². The number of methoxy groups -OCH3 is 2. The molecule has 2 aromatic carbocycles. The molecule has 0 bridgehead atoms. The number of aromatic nitrogens is 2. The number of pyridine rings is 1. The lowest BCUT2D eigenvalue weighted by molar-refractivity contribution is -0.123. The first-order valence-corrected chi connectivity index (χ1v) is 13.9. The molecule has 9 nitrogen and oxygen atoms in total. The Labute approximate surface area is 250 Å². The number of amides is 1. The third-order valence-corrected chi connectivity index (χ3v) is 7.46. The molecule has 42 heavy (non-hydrogen) atoms. The molecule has 0 saturated carbocycles. The number of nitrogens with zero attached hydrogens (tertiary/aromatic N) is 3. The van der Waals surface area contributed by atoms with Crippen LogP contribution in [-0.4, -0.2) is 40.8 Å². The summed E-state index contributed by atoms with van der Waals surface area (Å²) in [7, 11) is 2.94. The van der Waals surface area contributed by atoms with E-state index in [0.29, 0.717) is 22.1 Å². The van der Waals surface area contributed by atoms with E-state index in [9.17, 15) is 9.59 Å². The highest BCUT2D eigenvalue weighted by Crippen LogP contribution is 2.44. The number of carbonyl (C=O) groups is 2. The summed E-state index contributed by atoms with van der Waals surface area (Å²) in [5, 5.41) is 6.98. The molecule has 2 aromatic heterocycles. The smallest absolute Gasteiger partial charge is 0.337 e. The average Bonchev–Trinajstić information content (AvgIpc) is 3.61. The standard InChI is InChI=1S/C32H33N5O4S/c1-32(2,3)30(39)34-23-16-15-22(19-26(23)40-4)37-28(27(35-31(37)42)24-9-6-7-17-33-24)25-10-8-18-36(25)21-13-11-20(12-14-21)29(38)41-5/h6-19,27-28H,1-5H3,(H,34,39)(H,35,42)/t27-,28-/m0/s1. The number of carbonyl (C=O) groups excluding carboxylic acids is 2. The second-order valence-electron chi connectivity index (χ2n) is 10.9. The van der Waals surface area contributed by atoms with Crippen molar-refractivity contribution in [2.45, 2.75) is 32.9 Å². The van der Waals surface area contributed by atoms with Crippen molar-refractivity contribution in [1.82, 2.24) is 14.9 Å². The number of anilines is 2. The van der Waals surface area contributed by atoms with Gasteiger partial charge in [0, 0.05) is 40.9 Å². The zero-order valence-corrected chi connectivity index (χ0v) is 24.9. The predicted octanol–water partition coefficient (Wildman–Crippen LogP) is 5.83. The summed E-state index contributed by atoms with van der Waals surface area (Å²) in [6.45, 7) is 5.58. The van der Waals surface area contributed by atoms with Crippen LogP contribution in [-0.2, 0) is 9.53 Å². The molecular formula is C32H33N5O4S. The fourth-order valence-electron chi connectivity index (χ4n) is 4.92.